The molecule has 1 N–H and O–H groups in total. The normalized spacial score (nSPS) is 11.4. The number of aliphatic carboxylic acids is 1. The fourth-order valence-electron chi connectivity index (χ4n) is 2.73. The Hall–Kier alpha value is -3.07. The number of carboxylic acids is 1. The van der Waals surface area contributed by atoms with Crippen molar-refractivity contribution in [3.63, 3.8) is 0 Å². The number of carbonyl (C=O) groups is 1. The lowest BCUT2D eigenvalue weighted by molar-refractivity contribution is -0.137. The first-order valence-corrected chi connectivity index (χ1v) is 9.75. The van der Waals surface area contributed by atoms with Gasteiger partial charge in [0.2, 0.25) is 0 Å². The molecule has 0 unspecified atom stereocenters. The highest BCUT2D eigenvalue weighted by Gasteiger charge is 2.30. The van der Waals surface area contributed by atoms with Gasteiger partial charge in [0.15, 0.2) is 0 Å². The smallest absolute Gasteiger partial charge is 0.416 e. The van der Waals surface area contributed by atoms with Gasteiger partial charge in [0.05, 0.1) is 16.1 Å². The highest BCUT2D eigenvalue weighted by molar-refractivity contribution is 7.15. The molecule has 0 bridgehead atoms. The van der Waals surface area contributed by atoms with Gasteiger partial charge in [-0.1, -0.05) is 12.1 Å². The van der Waals surface area contributed by atoms with Crippen LogP contribution in [0.15, 0.2) is 48.5 Å². The van der Waals surface area contributed by atoms with Crippen molar-refractivity contribution in [2.45, 2.75) is 19.7 Å². The first-order chi connectivity index (χ1) is 14.1. The maximum absolute atomic E-state index is 12.7. The minimum Gasteiger partial charge on any atom is -0.488 e. The fourth-order valence-corrected chi connectivity index (χ4v) is 3.71. The van der Waals surface area contributed by atoms with Crippen molar-refractivity contribution in [2.75, 3.05) is 18.5 Å². The van der Waals surface area contributed by atoms with Crippen LogP contribution < -0.4 is 9.64 Å². The van der Waals surface area contributed by atoms with Crippen molar-refractivity contribution in [3.8, 4) is 16.3 Å². The third-order valence-electron chi connectivity index (χ3n) is 4.37. The molecule has 0 spiro atoms. The van der Waals surface area contributed by atoms with E-state index >= 15 is 0 Å². The number of thiazole rings is 1. The predicted molar refractivity (Wildman–Crippen MR) is 109 cm³/mol. The molecule has 5 nitrogen and oxygen atoms in total. The van der Waals surface area contributed by atoms with E-state index in [4.69, 9.17) is 9.84 Å². The summed E-state index contributed by atoms with van der Waals surface area (Å²) in [5, 5.41) is 9.48. The molecule has 0 saturated heterocycles. The Morgan fingerprint density at radius 2 is 1.77 bits per heavy atom. The van der Waals surface area contributed by atoms with Crippen molar-refractivity contribution in [3.05, 3.63) is 64.7 Å². The molecule has 30 heavy (non-hydrogen) atoms. The summed E-state index contributed by atoms with van der Waals surface area (Å²) in [5.74, 6) is -0.297. The average Bonchev–Trinajstić information content (AvgIpc) is 3.06. The molecular weight excluding hydrogens is 417 g/mol. The lowest BCUT2D eigenvalue weighted by Gasteiger charge is -2.17. The molecule has 0 fully saturated rings. The van der Waals surface area contributed by atoms with Crippen LogP contribution in [0.25, 0.3) is 10.6 Å². The lowest BCUT2D eigenvalue weighted by Crippen LogP contribution is -2.24. The summed E-state index contributed by atoms with van der Waals surface area (Å²) in [6, 6.07) is 12.0. The van der Waals surface area contributed by atoms with Gasteiger partial charge in [-0.25, -0.2) is 4.98 Å². The summed E-state index contributed by atoms with van der Waals surface area (Å²) in [6.45, 7) is 1.99. The predicted octanol–water partition coefficient (Wildman–Crippen LogP) is 5.24. The van der Waals surface area contributed by atoms with Crippen LogP contribution in [0, 0.1) is 6.92 Å². The van der Waals surface area contributed by atoms with Gasteiger partial charge < -0.3 is 14.7 Å². The van der Waals surface area contributed by atoms with Crippen molar-refractivity contribution in [1.29, 1.82) is 0 Å². The van der Waals surface area contributed by atoms with Gasteiger partial charge >= 0.3 is 12.1 Å². The topological polar surface area (TPSA) is 62.7 Å². The number of rotatable bonds is 7. The standard InChI is InChI=1S/C21H19F3N2O3S/c1-13-18(12-29-17-9-7-16(8-10-17)26(2)11-19(27)28)30-20(25-13)14-3-5-15(6-4-14)21(22,23)24/h3-10H,11-12H2,1-2H3,(H,27,28). The maximum atomic E-state index is 12.7. The molecule has 0 aliphatic heterocycles. The molecule has 3 rings (SSSR count). The molecule has 0 amide bonds. The number of likely N-dealkylation sites (N-methyl/N-ethyl adjacent to an activating group) is 1. The van der Waals surface area contributed by atoms with Gasteiger partial charge in [0.1, 0.15) is 23.9 Å². The first-order valence-electron chi connectivity index (χ1n) is 8.93. The van der Waals surface area contributed by atoms with Crippen LogP contribution in [0.2, 0.25) is 0 Å². The molecule has 0 saturated carbocycles. The molecule has 2 aromatic carbocycles. The Bertz CT molecular complexity index is 1020. The third kappa shape index (κ3) is 5.29. The molecular formula is C21H19F3N2O3S. The monoisotopic (exact) mass is 436 g/mol. The Kier molecular flexibility index (Phi) is 6.31. The number of aromatic nitrogens is 1. The number of nitrogens with zero attached hydrogens (tertiary/aromatic N) is 2. The molecule has 158 valence electrons. The summed E-state index contributed by atoms with van der Waals surface area (Å²) < 4.78 is 43.9. The Morgan fingerprint density at radius 1 is 1.13 bits per heavy atom. The number of anilines is 1. The molecule has 9 heteroatoms. The second-order valence-corrected chi connectivity index (χ2v) is 7.72. The number of aryl methyl sites for hydroxylation is 1. The van der Waals surface area contributed by atoms with E-state index in [0.29, 0.717) is 16.3 Å². The molecule has 1 aromatic heterocycles. The number of benzene rings is 2. The molecule has 0 radical (unpaired) electrons. The second kappa shape index (κ2) is 8.74. The molecule has 1 heterocycles. The molecule has 3 aromatic rings. The van der Waals surface area contributed by atoms with E-state index in [9.17, 15) is 18.0 Å². The van der Waals surface area contributed by atoms with Gasteiger partial charge in [-0.15, -0.1) is 11.3 Å². The Balaban J connectivity index is 1.66. The van der Waals surface area contributed by atoms with Crippen LogP contribution in [0.3, 0.4) is 0 Å². The number of carboxylic acid groups (broad SMARTS) is 1. The van der Waals surface area contributed by atoms with Gasteiger partial charge in [-0.3, -0.25) is 4.79 Å². The summed E-state index contributed by atoms with van der Waals surface area (Å²) in [4.78, 5) is 17.7. The number of hydrogen-bond acceptors (Lipinski definition) is 5. The molecule has 0 aliphatic carbocycles. The van der Waals surface area contributed by atoms with Gasteiger partial charge in [-0.2, -0.15) is 13.2 Å². The largest absolute Gasteiger partial charge is 0.488 e. The Morgan fingerprint density at radius 3 is 2.33 bits per heavy atom. The van der Waals surface area contributed by atoms with Gasteiger partial charge in [0, 0.05) is 18.3 Å². The van der Waals surface area contributed by atoms with E-state index in [1.807, 2.05) is 6.92 Å². The van der Waals surface area contributed by atoms with E-state index in [-0.39, 0.29) is 13.2 Å². The summed E-state index contributed by atoms with van der Waals surface area (Å²) in [5.41, 5.74) is 1.43. The molecule has 0 atom stereocenters. The van der Waals surface area contributed by atoms with Crippen LogP contribution in [-0.2, 0) is 17.6 Å². The van der Waals surface area contributed by atoms with Crippen molar-refractivity contribution >= 4 is 23.0 Å². The van der Waals surface area contributed by atoms with E-state index in [1.165, 1.54) is 23.5 Å². The van der Waals surface area contributed by atoms with Crippen LogP contribution in [0.5, 0.6) is 5.75 Å². The van der Waals surface area contributed by atoms with E-state index in [1.54, 1.807) is 36.2 Å². The highest BCUT2D eigenvalue weighted by atomic mass is 32.1. The number of alkyl halides is 3. The third-order valence-corrected chi connectivity index (χ3v) is 5.55. The molecule has 0 aliphatic rings. The fraction of sp³-hybridized carbons (Fsp3) is 0.238. The quantitative estimate of drug-likeness (QED) is 0.549. The van der Waals surface area contributed by atoms with E-state index in [2.05, 4.69) is 4.98 Å². The summed E-state index contributed by atoms with van der Waals surface area (Å²) in [7, 11) is 1.69. The second-order valence-electron chi connectivity index (χ2n) is 6.64. The lowest BCUT2D eigenvalue weighted by atomic mass is 10.1. The van der Waals surface area contributed by atoms with Crippen molar-refractivity contribution in [1.82, 2.24) is 4.98 Å². The number of hydrogen-bond donors (Lipinski definition) is 1. The Labute approximate surface area is 175 Å². The van der Waals surface area contributed by atoms with Crippen molar-refractivity contribution < 1.29 is 27.8 Å². The van der Waals surface area contributed by atoms with E-state index < -0.39 is 17.7 Å². The SMILES string of the molecule is Cc1nc(-c2ccc(C(F)(F)F)cc2)sc1COc1ccc(N(C)CC(=O)O)cc1. The maximum Gasteiger partial charge on any atom is 0.416 e. The van der Waals surface area contributed by atoms with E-state index in [0.717, 1.165) is 28.4 Å². The zero-order valence-electron chi connectivity index (χ0n) is 16.2. The summed E-state index contributed by atoms with van der Waals surface area (Å²) in [6.07, 6.45) is -4.37. The van der Waals surface area contributed by atoms with Gasteiger partial charge in [-0.05, 0) is 43.3 Å². The number of halogens is 3. The zero-order chi connectivity index (χ0) is 21.9. The minimum absolute atomic E-state index is 0.104. The number of ether oxygens (including phenoxy) is 1. The summed E-state index contributed by atoms with van der Waals surface area (Å²) >= 11 is 1.37. The average molecular weight is 436 g/mol. The van der Waals surface area contributed by atoms with Crippen LogP contribution in [-0.4, -0.2) is 29.7 Å². The van der Waals surface area contributed by atoms with Crippen molar-refractivity contribution in [2.24, 2.45) is 0 Å². The zero-order valence-corrected chi connectivity index (χ0v) is 17.0. The van der Waals surface area contributed by atoms with Crippen LogP contribution in [0.1, 0.15) is 16.1 Å². The van der Waals surface area contributed by atoms with Crippen LogP contribution >= 0.6 is 11.3 Å². The minimum atomic E-state index is -4.37. The first kappa shape index (κ1) is 21.6. The van der Waals surface area contributed by atoms with Gasteiger partial charge in [0.25, 0.3) is 0 Å². The van der Waals surface area contributed by atoms with Crippen LogP contribution in [0.4, 0.5) is 18.9 Å². The highest BCUT2D eigenvalue weighted by Crippen LogP contribution is 2.33.